The van der Waals surface area contributed by atoms with Crippen molar-refractivity contribution >= 4 is 17.4 Å². The van der Waals surface area contributed by atoms with Gasteiger partial charge in [-0.3, -0.25) is 16.4 Å². The second-order valence-electron chi connectivity index (χ2n) is 0. The maximum absolute atomic E-state index is 4.00. The molecule has 0 amide bonds. The molecular formula is H5AlF4N2. The van der Waals surface area contributed by atoms with Gasteiger partial charge in [0.05, 0.1) is 0 Å². The van der Waals surface area contributed by atoms with Crippen molar-refractivity contribution in [1.82, 2.24) is 0 Å². The zero-order chi connectivity index (χ0) is 2.00. The molecule has 0 aromatic rings. The Morgan fingerprint density at radius 2 is 0.714 bits per heavy atom. The van der Waals surface area contributed by atoms with Crippen molar-refractivity contribution in [2.45, 2.75) is 0 Å². The monoisotopic (exact) mass is 136 g/mol. The van der Waals surface area contributed by atoms with Crippen molar-refractivity contribution in [2.75, 3.05) is 0 Å². The van der Waals surface area contributed by atoms with E-state index in [0.717, 1.165) is 0 Å². The van der Waals surface area contributed by atoms with E-state index in [1.54, 1.807) is 0 Å². The van der Waals surface area contributed by atoms with Gasteiger partial charge in [-0.1, -0.05) is 0 Å². The second kappa shape index (κ2) is 5550. The summed E-state index contributed by atoms with van der Waals surface area (Å²) in [4.78, 5) is 0. The molecule has 0 aliphatic carbocycles. The predicted molar refractivity (Wildman–Crippen MR) is 16.6 cm³/mol. The fraction of sp³-hybridized carbons (Fsp3) is 0. The first-order valence-electron chi connectivity index (χ1n) is 0.333. The minimum atomic E-state index is 0. The Morgan fingerprint density at radius 1 is 0.714 bits per heavy atom. The smallest absolute Gasteiger partial charge is 1.00 e. The zero-order valence-electron chi connectivity index (χ0n) is 3.27. The molecule has 46 valence electrons. The van der Waals surface area contributed by atoms with Gasteiger partial charge < -0.3 is 14.1 Å². The predicted octanol–water partition coefficient (Wildman–Crippen LogP) is -10.4. The van der Waals surface area contributed by atoms with Crippen LogP contribution in [0.4, 0.5) is 4.70 Å². The maximum atomic E-state index is 4.00. The molecule has 0 aromatic carbocycles. The van der Waals surface area contributed by atoms with E-state index in [9.17, 15) is 0 Å². The Kier molecular flexibility index (Phi) is 158000. The molecule has 0 aliphatic heterocycles. The summed E-state index contributed by atoms with van der Waals surface area (Å²) in [6, 6.07) is 0. The van der Waals surface area contributed by atoms with Gasteiger partial charge in [0.2, 0.25) is 0 Å². The fourth-order valence-electron chi connectivity index (χ4n) is 0. The molecule has 0 saturated carbocycles. The summed E-state index contributed by atoms with van der Waals surface area (Å²) in [6.07, 6.45) is 0. The summed E-state index contributed by atoms with van der Waals surface area (Å²) in [5.74, 6) is 8.00. The molecule has 0 unspecified atom stereocenters. The number of hydrogen-bond donors (Lipinski definition) is 2. The van der Waals surface area contributed by atoms with Crippen LogP contribution in [-0.4, -0.2) is 17.4 Å². The summed E-state index contributed by atoms with van der Waals surface area (Å²) in [5.41, 5.74) is 0. The molecule has 0 aromatic heterocycles. The third kappa shape index (κ3) is 3610. The quantitative estimate of drug-likeness (QED) is 0.150. The van der Waals surface area contributed by atoms with E-state index in [2.05, 4.69) is 11.7 Å². The SMILES string of the molecule is F.NN.[Al+3].[F-].[F-].[F-]. The Morgan fingerprint density at radius 3 is 0.714 bits per heavy atom. The number of rotatable bonds is 0. The van der Waals surface area contributed by atoms with Gasteiger partial charge in [-0.25, -0.2) is 0 Å². The van der Waals surface area contributed by atoms with Gasteiger partial charge in [0, 0.05) is 0 Å². The summed E-state index contributed by atoms with van der Waals surface area (Å²) >= 11 is 0. The molecule has 0 fully saturated rings. The molecule has 0 rings (SSSR count). The normalized spacial score (nSPS) is 0.857. The molecule has 0 bridgehead atoms. The summed E-state index contributed by atoms with van der Waals surface area (Å²) < 4.78 is 0. The summed E-state index contributed by atoms with van der Waals surface area (Å²) in [6.45, 7) is 0. The van der Waals surface area contributed by atoms with Gasteiger partial charge in [0.1, 0.15) is 0 Å². The van der Waals surface area contributed by atoms with Gasteiger partial charge in [-0.15, -0.1) is 0 Å². The minimum absolute atomic E-state index is 0. The van der Waals surface area contributed by atoms with Crippen molar-refractivity contribution in [2.24, 2.45) is 11.7 Å². The minimum Gasteiger partial charge on any atom is -1.00 e. The van der Waals surface area contributed by atoms with Gasteiger partial charge >= 0.3 is 17.4 Å². The number of hydrazine groups is 1. The van der Waals surface area contributed by atoms with E-state index in [4.69, 9.17) is 0 Å². The number of halogens is 4. The molecule has 4 N–H and O–H groups in total. The van der Waals surface area contributed by atoms with E-state index in [1.165, 1.54) is 0 Å². The Bertz CT molecular complexity index is 9.65. The van der Waals surface area contributed by atoms with Crippen molar-refractivity contribution < 1.29 is 18.8 Å². The van der Waals surface area contributed by atoms with E-state index in [1.807, 2.05) is 0 Å². The largest absolute Gasteiger partial charge is 3.00 e. The van der Waals surface area contributed by atoms with Crippen LogP contribution in [0, 0.1) is 0 Å². The van der Waals surface area contributed by atoms with E-state index in [0.29, 0.717) is 0 Å². The van der Waals surface area contributed by atoms with E-state index in [-0.39, 0.29) is 36.2 Å². The molecular weight excluding hydrogens is 131 g/mol. The zero-order valence-corrected chi connectivity index (χ0v) is 4.43. The Hall–Kier alpha value is 0.172. The van der Waals surface area contributed by atoms with Crippen LogP contribution in [0.2, 0.25) is 0 Å². The molecule has 7 heavy (non-hydrogen) atoms. The number of hydrogen-bond acceptors (Lipinski definition) is 2. The second-order valence-corrected chi connectivity index (χ2v) is 0. The van der Waals surface area contributed by atoms with Gasteiger partial charge in [-0.05, 0) is 0 Å². The molecule has 0 atom stereocenters. The van der Waals surface area contributed by atoms with E-state index < -0.39 is 0 Å². The average molecular weight is 136 g/mol. The van der Waals surface area contributed by atoms with Crippen LogP contribution in [-0.2, 0) is 0 Å². The Labute approximate surface area is 48.8 Å². The standard InChI is InChI=1S/Al.4FH.H4N2/c;;;;;1-2/h;4*1H;1-2H2/q+3;;;;;/p-3. The molecule has 7 heteroatoms. The first kappa shape index (κ1) is 199. The third-order valence-electron chi connectivity index (χ3n) is 0. The maximum Gasteiger partial charge on any atom is 3.00 e. The molecule has 0 radical (unpaired) electrons. The molecule has 0 aliphatic rings. The van der Waals surface area contributed by atoms with Gasteiger partial charge in [-0.2, -0.15) is 0 Å². The van der Waals surface area contributed by atoms with Crippen LogP contribution in [0.3, 0.4) is 0 Å². The Balaban J connectivity index is -0.000000000500. The van der Waals surface area contributed by atoms with Gasteiger partial charge in [0.15, 0.2) is 0 Å². The molecule has 2 nitrogen and oxygen atoms in total. The number of nitrogens with two attached hydrogens (primary N) is 2. The van der Waals surface area contributed by atoms with Crippen LogP contribution >= 0.6 is 0 Å². The summed E-state index contributed by atoms with van der Waals surface area (Å²) in [7, 11) is 0. The van der Waals surface area contributed by atoms with Crippen LogP contribution in [0.15, 0.2) is 0 Å². The van der Waals surface area contributed by atoms with Crippen LogP contribution in [0.1, 0.15) is 0 Å². The molecule has 0 heterocycles. The van der Waals surface area contributed by atoms with Crippen LogP contribution < -0.4 is 25.8 Å². The van der Waals surface area contributed by atoms with Crippen molar-refractivity contribution in [3.8, 4) is 0 Å². The van der Waals surface area contributed by atoms with Crippen molar-refractivity contribution in [3.63, 3.8) is 0 Å². The third-order valence-corrected chi connectivity index (χ3v) is 0. The topological polar surface area (TPSA) is 52.0 Å². The summed E-state index contributed by atoms with van der Waals surface area (Å²) in [5, 5.41) is 0. The van der Waals surface area contributed by atoms with Crippen LogP contribution in [0.5, 0.6) is 0 Å². The van der Waals surface area contributed by atoms with Crippen molar-refractivity contribution in [3.05, 3.63) is 0 Å². The van der Waals surface area contributed by atoms with Crippen molar-refractivity contribution in [1.29, 1.82) is 0 Å². The fourth-order valence-corrected chi connectivity index (χ4v) is 0. The van der Waals surface area contributed by atoms with Crippen LogP contribution in [0.25, 0.3) is 0 Å². The van der Waals surface area contributed by atoms with E-state index >= 15 is 0 Å². The average Bonchev–Trinajstić information content (AvgIpc) is 1.00. The first-order valence-corrected chi connectivity index (χ1v) is 0.333. The molecule has 0 spiro atoms. The first-order chi connectivity index (χ1) is 1.00. The van der Waals surface area contributed by atoms with Gasteiger partial charge in [0.25, 0.3) is 0 Å². The molecule has 0 saturated heterocycles.